The highest BCUT2D eigenvalue weighted by atomic mass is 16.7. The van der Waals surface area contributed by atoms with E-state index in [1.807, 2.05) is 55.4 Å². The minimum atomic E-state index is -0.692. The quantitative estimate of drug-likeness (QED) is 0.691. The van der Waals surface area contributed by atoms with Crippen LogP contribution in [-0.4, -0.2) is 57.0 Å². The first kappa shape index (κ1) is 17.7. The van der Waals surface area contributed by atoms with Crippen molar-refractivity contribution < 1.29 is 18.6 Å². The van der Waals surface area contributed by atoms with Gasteiger partial charge in [0.2, 0.25) is 11.4 Å². The van der Waals surface area contributed by atoms with E-state index in [1.54, 1.807) is 0 Å². The number of nitrogens with zero attached hydrogens (tertiary/aromatic N) is 4. The van der Waals surface area contributed by atoms with Crippen LogP contribution in [0.3, 0.4) is 0 Å². The molecule has 0 aliphatic carbocycles. The van der Waals surface area contributed by atoms with Gasteiger partial charge in [-0.15, -0.1) is 20.4 Å². The Kier molecular flexibility index (Phi) is 3.84. The summed E-state index contributed by atoms with van der Waals surface area (Å²) in [5.74, 6) is 0. The highest BCUT2D eigenvalue weighted by Gasteiger charge is 2.55. The molecule has 0 spiro atoms. The summed E-state index contributed by atoms with van der Waals surface area (Å²) in [6.07, 6.45) is 0. The molecule has 8 nitrogen and oxygen atoms in total. The Balaban J connectivity index is 1.76. The molecule has 10 heteroatoms. The van der Waals surface area contributed by atoms with Crippen LogP contribution in [0.4, 0.5) is 0 Å². The molecule has 0 amide bonds. The molecule has 2 saturated heterocycles. The third kappa shape index (κ3) is 2.75. The molecule has 0 N–H and O–H groups in total. The van der Waals surface area contributed by atoms with E-state index in [4.69, 9.17) is 18.6 Å². The average molecular weight is 334 g/mol. The predicted molar refractivity (Wildman–Crippen MR) is 89.1 cm³/mol. The van der Waals surface area contributed by atoms with Crippen LogP contribution in [0.1, 0.15) is 55.4 Å². The topological polar surface area (TPSA) is 88.5 Å². The molecule has 130 valence electrons. The Morgan fingerprint density at radius 2 is 0.708 bits per heavy atom. The van der Waals surface area contributed by atoms with Crippen LogP contribution < -0.4 is 11.4 Å². The molecular formula is C14H24B2N4O4. The van der Waals surface area contributed by atoms with E-state index in [9.17, 15) is 0 Å². The van der Waals surface area contributed by atoms with Gasteiger partial charge in [0.1, 0.15) is 0 Å². The van der Waals surface area contributed by atoms with E-state index in [0.717, 1.165) is 0 Å². The lowest BCUT2D eigenvalue weighted by molar-refractivity contribution is 0.00578. The van der Waals surface area contributed by atoms with Gasteiger partial charge in [-0.25, -0.2) is 0 Å². The van der Waals surface area contributed by atoms with Crippen molar-refractivity contribution in [1.29, 1.82) is 0 Å². The maximum absolute atomic E-state index is 5.89. The van der Waals surface area contributed by atoms with Crippen molar-refractivity contribution in [2.45, 2.75) is 77.8 Å². The van der Waals surface area contributed by atoms with Crippen LogP contribution in [0.2, 0.25) is 0 Å². The average Bonchev–Trinajstić information content (AvgIpc) is 2.79. The highest BCUT2D eigenvalue weighted by Crippen LogP contribution is 2.37. The monoisotopic (exact) mass is 334 g/mol. The lowest BCUT2D eigenvalue weighted by Gasteiger charge is -2.32. The van der Waals surface area contributed by atoms with Crippen molar-refractivity contribution in [1.82, 2.24) is 20.4 Å². The maximum Gasteiger partial charge on any atom is 0.539 e. The number of rotatable bonds is 2. The zero-order chi connectivity index (χ0) is 18.0. The Hall–Kier alpha value is -1.09. The smallest absolute Gasteiger partial charge is 0.397 e. The Morgan fingerprint density at radius 3 is 0.917 bits per heavy atom. The van der Waals surface area contributed by atoms with E-state index >= 15 is 0 Å². The summed E-state index contributed by atoms with van der Waals surface area (Å²) >= 11 is 0. The van der Waals surface area contributed by atoms with E-state index in [1.165, 1.54) is 0 Å². The van der Waals surface area contributed by atoms with Crippen LogP contribution >= 0.6 is 0 Å². The molecule has 3 heterocycles. The van der Waals surface area contributed by atoms with Crippen molar-refractivity contribution in [2.24, 2.45) is 0 Å². The number of hydrogen-bond acceptors (Lipinski definition) is 8. The summed E-state index contributed by atoms with van der Waals surface area (Å²) in [7, 11) is -1.38. The van der Waals surface area contributed by atoms with Crippen molar-refractivity contribution in [3.05, 3.63) is 0 Å². The van der Waals surface area contributed by atoms with E-state index in [0.29, 0.717) is 0 Å². The van der Waals surface area contributed by atoms with E-state index in [-0.39, 0.29) is 11.4 Å². The molecule has 0 bridgehead atoms. The standard InChI is InChI=1S/C14H24B2N4O4/c1-11(2)12(3,4)22-15(21-11)9-17-19-10(20-18-9)16-23-13(5,6)14(7,8)24-16/h1-8H3. The van der Waals surface area contributed by atoms with Gasteiger partial charge in [0.05, 0.1) is 22.4 Å². The first-order chi connectivity index (χ1) is 10.8. The fourth-order valence-electron chi connectivity index (χ4n) is 2.33. The van der Waals surface area contributed by atoms with Gasteiger partial charge in [-0.05, 0) is 55.4 Å². The fourth-order valence-corrected chi connectivity index (χ4v) is 2.33. The minimum Gasteiger partial charge on any atom is -0.397 e. The molecule has 24 heavy (non-hydrogen) atoms. The predicted octanol–water partition coefficient (Wildman–Crippen LogP) is -0.135. The molecule has 0 saturated carbocycles. The number of aromatic nitrogens is 4. The summed E-state index contributed by atoms with van der Waals surface area (Å²) in [6.45, 7) is 15.7. The third-order valence-electron chi connectivity index (χ3n) is 5.44. The van der Waals surface area contributed by atoms with E-state index in [2.05, 4.69) is 20.4 Å². The zero-order valence-corrected chi connectivity index (χ0v) is 15.6. The molecular weight excluding hydrogens is 310 g/mol. The molecule has 0 unspecified atom stereocenters. The fraction of sp³-hybridized carbons (Fsp3) is 0.857. The molecule has 2 aliphatic heterocycles. The van der Waals surface area contributed by atoms with Gasteiger partial charge in [0, 0.05) is 0 Å². The second-order valence-electron chi connectivity index (χ2n) is 8.29. The molecule has 2 fully saturated rings. The summed E-state index contributed by atoms with van der Waals surface area (Å²) in [5.41, 5.74) is -1.30. The Labute approximate surface area is 143 Å². The summed E-state index contributed by atoms with van der Waals surface area (Å²) < 4.78 is 23.6. The zero-order valence-electron chi connectivity index (χ0n) is 15.6. The third-order valence-corrected chi connectivity index (χ3v) is 5.44. The van der Waals surface area contributed by atoms with Gasteiger partial charge >= 0.3 is 14.2 Å². The Bertz CT molecular complexity index is 549. The highest BCUT2D eigenvalue weighted by molar-refractivity contribution is 6.61. The molecule has 2 aliphatic rings. The molecule has 0 atom stereocenters. The normalized spacial score (nSPS) is 26.8. The Morgan fingerprint density at radius 1 is 0.500 bits per heavy atom. The summed E-state index contributed by atoms with van der Waals surface area (Å²) in [5, 5.41) is 16.4. The van der Waals surface area contributed by atoms with Crippen LogP contribution in [0.5, 0.6) is 0 Å². The molecule has 0 aromatic carbocycles. The van der Waals surface area contributed by atoms with Crippen LogP contribution in [0.25, 0.3) is 0 Å². The van der Waals surface area contributed by atoms with Crippen LogP contribution in [-0.2, 0) is 18.6 Å². The van der Waals surface area contributed by atoms with Crippen molar-refractivity contribution >= 4 is 25.7 Å². The van der Waals surface area contributed by atoms with Crippen molar-refractivity contribution in [3.63, 3.8) is 0 Å². The van der Waals surface area contributed by atoms with Gasteiger partial charge in [-0.1, -0.05) is 0 Å². The van der Waals surface area contributed by atoms with Crippen LogP contribution in [0.15, 0.2) is 0 Å². The molecule has 1 aromatic heterocycles. The summed E-state index contributed by atoms with van der Waals surface area (Å²) in [4.78, 5) is 0. The summed E-state index contributed by atoms with van der Waals surface area (Å²) in [6, 6.07) is 0. The van der Waals surface area contributed by atoms with E-state index < -0.39 is 36.6 Å². The lowest BCUT2D eigenvalue weighted by atomic mass is 9.88. The second kappa shape index (κ2) is 5.20. The van der Waals surface area contributed by atoms with Gasteiger partial charge < -0.3 is 18.6 Å². The first-order valence-corrected chi connectivity index (χ1v) is 8.13. The second-order valence-corrected chi connectivity index (χ2v) is 8.29. The maximum atomic E-state index is 5.89. The van der Waals surface area contributed by atoms with Crippen molar-refractivity contribution in [3.8, 4) is 0 Å². The SMILES string of the molecule is CC1(C)OB(c2nnc(B3OC(C)(C)C(C)(C)O3)nn2)OC1(C)C. The molecule has 0 radical (unpaired) electrons. The lowest BCUT2D eigenvalue weighted by Crippen LogP contribution is -2.47. The number of hydrogen-bond donors (Lipinski definition) is 0. The van der Waals surface area contributed by atoms with Gasteiger partial charge in [-0.2, -0.15) is 0 Å². The van der Waals surface area contributed by atoms with Gasteiger partial charge in [0.25, 0.3) is 0 Å². The minimum absolute atomic E-state index is 0.286. The first-order valence-electron chi connectivity index (χ1n) is 8.13. The van der Waals surface area contributed by atoms with Crippen LogP contribution in [0, 0.1) is 0 Å². The van der Waals surface area contributed by atoms with Gasteiger partial charge in [-0.3, -0.25) is 0 Å². The molecule has 1 aromatic rings. The van der Waals surface area contributed by atoms with Crippen molar-refractivity contribution in [2.75, 3.05) is 0 Å². The molecule has 3 rings (SSSR count). The largest absolute Gasteiger partial charge is 0.539 e. The van der Waals surface area contributed by atoms with Gasteiger partial charge in [0.15, 0.2) is 0 Å².